The van der Waals surface area contributed by atoms with Gasteiger partial charge in [0.1, 0.15) is 0 Å². The van der Waals surface area contributed by atoms with Gasteiger partial charge in [-0.25, -0.2) is 0 Å². The van der Waals surface area contributed by atoms with E-state index in [1.54, 1.807) is 0 Å². The van der Waals surface area contributed by atoms with Gasteiger partial charge in [0, 0.05) is 12.1 Å². The highest BCUT2D eigenvalue weighted by atomic mass is 16.1. The van der Waals surface area contributed by atoms with Crippen LogP contribution in [0.25, 0.3) is 0 Å². The Kier molecular flexibility index (Phi) is 4.91. The van der Waals surface area contributed by atoms with E-state index in [9.17, 15) is 4.79 Å². The molecular weight excluding hydrogens is 248 g/mol. The lowest BCUT2D eigenvalue weighted by molar-refractivity contribution is 0.0930. The van der Waals surface area contributed by atoms with Crippen LogP contribution in [0.2, 0.25) is 0 Å². The number of benzene rings is 2. The van der Waals surface area contributed by atoms with Crippen molar-refractivity contribution in [3.05, 3.63) is 71.8 Å². The summed E-state index contributed by atoms with van der Waals surface area (Å²) < 4.78 is 0. The number of nitrogens with zero attached hydrogens (tertiary/aromatic N) is 1. The highest BCUT2D eigenvalue weighted by Crippen LogP contribution is 2.14. The van der Waals surface area contributed by atoms with Gasteiger partial charge >= 0.3 is 0 Å². The molecule has 2 aromatic carbocycles. The van der Waals surface area contributed by atoms with Crippen molar-refractivity contribution in [1.82, 2.24) is 10.2 Å². The molecule has 2 rings (SSSR count). The molecule has 0 aromatic heterocycles. The molecule has 0 spiro atoms. The predicted molar refractivity (Wildman–Crippen MR) is 81.6 cm³/mol. The van der Waals surface area contributed by atoms with Crippen molar-refractivity contribution in [2.24, 2.45) is 0 Å². The molecule has 3 nitrogen and oxygen atoms in total. The topological polar surface area (TPSA) is 32.3 Å². The molecule has 20 heavy (non-hydrogen) atoms. The molecule has 1 unspecified atom stereocenters. The first-order valence-electron chi connectivity index (χ1n) is 6.72. The van der Waals surface area contributed by atoms with E-state index >= 15 is 0 Å². The quantitative estimate of drug-likeness (QED) is 0.904. The maximum absolute atomic E-state index is 12.3. The normalized spacial score (nSPS) is 12.2. The zero-order valence-corrected chi connectivity index (χ0v) is 11.9. The molecule has 0 fully saturated rings. The van der Waals surface area contributed by atoms with Crippen LogP contribution < -0.4 is 5.32 Å². The van der Waals surface area contributed by atoms with Crippen molar-refractivity contribution in [3.8, 4) is 0 Å². The van der Waals surface area contributed by atoms with E-state index in [1.165, 1.54) is 0 Å². The number of rotatable bonds is 5. The van der Waals surface area contributed by atoms with Crippen molar-refractivity contribution in [2.75, 3.05) is 20.6 Å². The molecule has 0 saturated heterocycles. The van der Waals surface area contributed by atoms with Crippen LogP contribution in [0.4, 0.5) is 0 Å². The van der Waals surface area contributed by atoms with Crippen LogP contribution >= 0.6 is 0 Å². The minimum absolute atomic E-state index is 0.0149. The Labute approximate surface area is 120 Å². The van der Waals surface area contributed by atoms with Crippen LogP contribution in [0, 0.1) is 0 Å². The molecule has 0 saturated carbocycles. The van der Waals surface area contributed by atoms with Crippen molar-refractivity contribution < 1.29 is 4.79 Å². The van der Waals surface area contributed by atoms with E-state index in [-0.39, 0.29) is 11.9 Å². The Morgan fingerprint density at radius 1 is 1.00 bits per heavy atom. The molecule has 0 aliphatic carbocycles. The van der Waals surface area contributed by atoms with Gasteiger partial charge in [-0.05, 0) is 31.8 Å². The highest BCUT2D eigenvalue weighted by molar-refractivity contribution is 5.94. The summed E-state index contributed by atoms with van der Waals surface area (Å²) in [6, 6.07) is 19.3. The number of carbonyl (C=O) groups excluding carboxylic acids is 1. The second kappa shape index (κ2) is 6.87. The SMILES string of the molecule is CN(C)CC(NC(=O)c1ccccc1)c1ccccc1. The lowest BCUT2D eigenvalue weighted by Gasteiger charge is -2.23. The van der Waals surface area contributed by atoms with Gasteiger partial charge < -0.3 is 10.2 Å². The van der Waals surface area contributed by atoms with Gasteiger partial charge in [0.25, 0.3) is 5.91 Å². The third-order valence-corrected chi connectivity index (χ3v) is 3.09. The van der Waals surface area contributed by atoms with Crippen molar-refractivity contribution >= 4 is 5.91 Å². The summed E-state index contributed by atoms with van der Waals surface area (Å²) in [7, 11) is 4.01. The Morgan fingerprint density at radius 3 is 2.10 bits per heavy atom. The molecule has 0 heterocycles. The highest BCUT2D eigenvalue weighted by Gasteiger charge is 2.16. The molecule has 0 aliphatic rings. The summed E-state index contributed by atoms with van der Waals surface area (Å²) in [5, 5.41) is 3.10. The summed E-state index contributed by atoms with van der Waals surface area (Å²) in [5.41, 5.74) is 1.80. The molecule has 1 atom stereocenters. The number of carbonyl (C=O) groups is 1. The lowest BCUT2D eigenvalue weighted by atomic mass is 10.1. The molecule has 104 valence electrons. The summed E-state index contributed by atoms with van der Waals surface area (Å²) >= 11 is 0. The molecular formula is C17H20N2O. The summed E-state index contributed by atoms with van der Waals surface area (Å²) in [6.07, 6.45) is 0. The van der Waals surface area contributed by atoms with Crippen molar-refractivity contribution in [3.63, 3.8) is 0 Å². The maximum Gasteiger partial charge on any atom is 0.251 e. The van der Waals surface area contributed by atoms with Crippen LogP contribution in [0.1, 0.15) is 22.0 Å². The van der Waals surface area contributed by atoms with E-state index < -0.39 is 0 Å². The Bertz CT molecular complexity index is 537. The van der Waals surface area contributed by atoms with Gasteiger partial charge in [-0.3, -0.25) is 4.79 Å². The van der Waals surface area contributed by atoms with Crippen molar-refractivity contribution in [1.29, 1.82) is 0 Å². The van der Waals surface area contributed by atoms with Gasteiger partial charge in [-0.15, -0.1) is 0 Å². The van der Waals surface area contributed by atoms with Gasteiger partial charge in [0.2, 0.25) is 0 Å². The van der Waals surface area contributed by atoms with E-state index in [2.05, 4.69) is 10.2 Å². The minimum atomic E-state index is -0.0405. The van der Waals surface area contributed by atoms with E-state index in [1.807, 2.05) is 74.8 Å². The Balaban J connectivity index is 2.14. The molecule has 3 heteroatoms. The first-order valence-corrected chi connectivity index (χ1v) is 6.72. The first-order chi connectivity index (χ1) is 9.66. The van der Waals surface area contributed by atoms with Crippen molar-refractivity contribution in [2.45, 2.75) is 6.04 Å². The third-order valence-electron chi connectivity index (χ3n) is 3.09. The van der Waals surface area contributed by atoms with Crippen LogP contribution in [0.15, 0.2) is 60.7 Å². The molecule has 2 aromatic rings. The second-order valence-corrected chi connectivity index (χ2v) is 5.06. The monoisotopic (exact) mass is 268 g/mol. The molecule has 1 amide bonds. The summed E-state index contributed by atoms with van der Waals surface area (Å²) in [4.78, 5) is 14.4. The average molecular weight is 268 g/mol. The van der Waals surface area contributed by atoms with Gasteiger partial charge in [0.05, 0.1) is 6.04 Å². The Morgan fingerprint density at radius 2 is 1.55 bits per heavy atom. The molecule has 0 radical (unpaired) electrons. The molecule has 0 aliphatic heterocycles. The van der Waals surface area contributed by atoms with Crippen LogP contribution in [0.3, 0.4) is 0 Å². The number of hydrogen-bond acceptors (Lipinski definition) is 2. The smallest absolute Gasteiger partial charge is 0.251 e. The molecule has 1 N–H and O–H groups in total. The number of hydrogen-bond donors (Lipinski definition) is 1. The maximum atomic E-state index is 12.3. The minimum Gasteiger partial charge on any atom is -0.344 e. The lowest BCUT2D eigenvalue weighted by Crippen LogP contribution is -2.35. The zero-order chi connectivity index (χ0) is 14.4. The van der Waals surface area contributed by atoms with Crippen LogP contribution in [-0.4, -0.2) is 31.4 Å². The largest absolute Gasteiger partial charge is 0.344 e. The zero-order valence-electron chi connectivity index (χ0n) is 11.9. The average Bonchev–Trinajstić information content (AvgIpc) is 2.48. The molecule has 0 bridgehead atoms. The third kappa shape index (κ3) is 3.93. The first kappa shape index (κ1) is 14.3. The summed E-state index contributed by atoms with van der Waals surface area (Å²) in [6.45, 7) is 0.766. The van der Waals surface area contributed by atoms with Gasteiger partial charge in [0.15, 0.2) is 0 Å². The van der Waals surface area contributed by atoms with Gasteiger partial charge in [-0.1, -0.05) is 48.5 Å². The standard InChI is InChI=1S/C17H20N2O/c1-19(2)13-16(14-9-5-3-6-10-14)18-17(20)15-11-7-4-8-12-15/h3-12,16H,13H2,1-2H3,(H,18,20). The fraction of sp³-hybridized carbons (Fsp3) is 0.235. The fourth-order valence-electron chi connectivity index (χ4n) is 2.12. The van der Waals surface area contributed by atoms with Gasteiger partial charge in [-0.2, -0.15) is 0 Å². The van der Waals surface area contributed by atoms with E-state index in [0.29, 0.717) is 5.56 Å². The number of likely N-dealkylation sites (N-methyl/N-ethyl adjacent to an activating group) is 1. The Hall–Kier alpha value is -2.13. The van der Waals surface area contributed by atoms with Crippen LogP contribution in [-0.2, 0) is 0 Å². The van der Waals surface area contributed by atoms with E-state index in [4.69, 9.17) is 0 Å². The number of amides is 1. The summed E-state index contributed by atoms with van der Waals surface area (Å²) in [5.74, 6) is -0.0405. The fourth-order valence-corrected chi connectivity index (χ4v) is 2.12. The second-order valence-electron chi connectivity index (χ2n) is 5.06. The number of nitrogens with one attached hydrogen (secondary N) is 1. The van der Waals surface area contributed by atoms with Crippen LogP contribution in [0.5, 0.6) is 0 Å². The predicted octanol–water partition coefficient (Wildman–Crippen LogP) is 2.72. The van der Waals surface area contributed by atoms with E-state index in [0.717, 1.165) is 12.1 Å².